The molecule has 1 aromatic carbocycles. The number of hydrogen-bond acceptors (Lipinski definition) is 9. The Morgan fingerprint density at radius 1 is 1.21 bits per heavy atom. The van der Waals surface area contributed by atoms with Crippen molar-refractivity contribution >= 4 is 45.3 Å². The van der Waals surface area contributed by atoms with E-state index in [4.69, 9.17) is 10.5 Å². The number of nitrogen functional groups attached to an aromatic ring is 1. The molecule has 0 saturated carbocycles. The van der Waals surface area contributed by atoms with E-state index in [1.165, 1.54) is 17.2 Å². The minimum atomic E-state index is -1.21. The molecule has 11 heteroatoms. The molecule has 0 bridgehead atoms. The summed E-state index contributed by atoms with van der Waals surface area (Å²) < 4.78 is 8.06. The Kier molecular flexibility index (Phi) is 5.33. The average molecular weight is 498 g/mol. The van der Waals surface area contributed by atoms with Gasteiger partial charge in [-0.25, -0.2) is 15.0 Å². The number of anilines is 2. The topological polar surface area (TPSA) is 152 Å². The first-order chi connectivity index (χ1) is 13.5. The second-order valence-corrected chi connectivity index (χ2v) is 7.65. The van der Waals surface area contributed by atoms with Crippen LogP contribution in [0.1, 0.15) is 11.8 Å². The lowest BCUT2D eigenvalue weighted by Gasteiger charge is -2.16. The van der Waals surface area contributed by atoms with E-state index in [2.05, 4.69) is 42.9 Å². The highest BCUT2D eigenvalue weighted by atomic mass is 127. The van der Waals surface area contributed by atoms with Crippen molar-refractivity contribution in [3.05, 3.63) is 40.0 Å². The maximum atomic E-state index is 10.3. The fourth-order valence-corrected chi connectivity index (χ4v) is 3.72. The van der Waals surface area contributed by atoms with Crippen LogP contribution in [-0.2, 0) is 11.3 Å². The van der Waals surface area contributed by atoms with E-state index in [1.807, 2.05) is 18.2 Å². The second-order valence-electron chi connectivity index (χ2n) is 6.48. The van der Waals surface area contributed by atoms with Crippen LogP contribution in [0.25, 0.3) is 11.2 Å². The molecule has 2 aromatic heterocycles. The normalized spacial score (nSPS) is 24.7. The predicted octanol–water partition coefficient (Wildman–Crippen LogP) is 0.237. The van der Waals surface area contributed by atoms with Crippen LogP contribution in [0.15, 0.2) is 30.9 Å². The van der Waals surface area contributed by atoms with Gasteiger partial charge < -0.3 is 31.1 Å². The number of rotatable bonds is 5. The lowest BCUT2D eigenvalue weighted by molar-refractivity contribution is -0.0511. The molecule has 10 nitrogen and oxygen atoms in total. The summed E-state index contributed by atoms with van der Waals surface area (Å²) in [6, 6.07) is 5.77. The number of aromatic nitrogens is 4. The molecule has 0 aliphatic carbocycles. The highest BCUT2D eigenvalue weighted by Gasteiger charge is 2.44. The highest BCUT2D eigenvalue weighted by Crippen LogP contribution is 2.32. The van der Waals surface area contributed by atoms with Gasteiger partial charge in [0.25, 0.3) is 0 Å². The number of fused-ring (bicyclic) bond motifs is 1. The molecule has 3 aromatic rings. The Labute approximate surface area is 173 Å². The van der Waals surface area contributed by atoms with E-state index >= 15 is 0 Å². The van der Waals surface area contributed by atoms with Gasteiger partial charge in [-0.1, -0.05) is 6.07 Å². The molecule has 0 spiro atoms. The first-order valence-electron chi connectivity index (χ1n) is 8.57. The molecular weight excluding hydrogens is 479 g/mol. The molecule has 4 atom stereocenters. The summed E-state index contributed by atoms with van der Waals surface area (Å²) in [4.78, 5) is 12.8. The van der Waals surface area contributed by atoms with E-state index in [9.17, 15) is 15.3 Å². The summed E-state index contributed by atoms with van der Waals surface area (Å²) in [6.45, 7) is 0.118. The summed E-state index contributed by atoms with van der Waals surface area (Å²) in [5.41, 5.74) is 8.56. The van der Waals surface area contributed by atoms with Crippen molar-refractivity contribution in [3.8, 4) is 0 Å². The molecule has 2 unspecified atom stereocenters. The zero-order valence-electron chi connectivity index (χ0n) is 14.6. The zero-order valence-corrected chi connectivity index (χ0v) is 16.8. The summed E-state index contributed by atoms with van der Waals surface area (Å²) in [5, 5.41) is 32.7. The fraction of sp³-hybridized carbons (Fsp3) is 0.353. The Bertz CT molecular complexity index is 999. The highest BCUT2D eigenvalue weighted by molar-refractivity contribution is 14.1. The molecule has 0 amide bonds. The molecule has 6 N–H and O–H groups in total. The van der Waals surface area contributed by atoms with Gasteiger partial charge in [-0.05, 0) is 40.3 Å². The SMILES string of the molecule is Nc1ccc(CNc2ncnc3c2ncn3[C@@H]2O[C@H](CO)C(O)C2O)cc1I. The number of imidazole rings is 1. The molecule has 1 aliphatic heterocycles. The number of aliphatic hydroxyl groups is 3. The number of nitrogens with two attached hydrogens (primary N) is 1. The average Bonchev–Trinajstić information content (AvgIpc) is 3.24. The number of nitrogens with zero attached hydrogens (tertiary/aromatic N) is 4. The number of benzene rings is 1. The van der Waals surface area contributed by atoms with Gasteiger partial charge in [0.05, 0.1) is 12.9 Å². The largest absolute Gasteiger partial charge is 0.398 e. The van der Waals surface area contributed by atoms with Crippen molar-refractivity contribution < 1.29 is 20.1 Å². The fourth-order valence-electron chi connectivity index (χ4n) is 3.14. The van der Waals surface area contributed by atoms with Gasteiger partial charge in [-0.15, -0.1) is 0 Å². The van der Waals surface area contributed by atoms with Crippen LogP contribution < -0.4 is 11.1 Å². The Balaban J connectivity index is 1.59. The summed E-state index contributed by atoms with van der Waals surface area (Å²) >= 11 is 2.18. The van der Waals surface area contributed by atoms with Gasteiger partial charge in [0.1, 0.15) is 24.6 Å². The van der Waals surface area contributed by atoms with E-state index in [1.54, 1.807) is 0 Å². The van der Waals surface area contributed by atoms with Crippen molar-refractivity contribution in [3.63, 3.8) is 0 Å². The van der Waals surface area contributed by atoms with Crippen LogP contribution in [0, 0.1) is 3.57 Å². The van der Waals surface area contributed by atoms with Gasteiger partial charge in [-0.3, -0.25) is 4.57 Å². The van der Waals surface area contributed by atoms with Gasteiger partial charge in [0.2, 0.25) is 0 Å². The standard InChI is InChI=1S/C17H19IN6O4/c18-9-3-8(1-2-10(9)19)4-20-15-12-16(22-6-21-15)24(7-23-12)17-14(27)13(26)11(5-25)28-17/h1-3,6-7,11,13-14,17,25-27H,4-5,19H2,(H,20,21,22)/t11-,13?,14?,17-/m1/s1. The summed E-state index contributed by atoms with van der Waals surface area (Å²) in [5.74, 6) is 0.530. The van der Waals surface area contributed by atoms with Crippen molar-refractivity contribution in [2.75, 3.05) is 17.7 Å². The third kappa shape index (κ3) is 3.39. The minimum Gasteiger partial charge on any atom is -0.398 e. The molecule has 1 aliphatic rings. The van der Waals surface area contributed by atoms with Gasteiger partial charge >= 0.3 is 0 Å². The zero-order chi connectivity index (χ0) is 19.8. The van der Waals surface area contributed by atoms with Crippen LogP contribution in [-0.4, -0.2) is 59.8 Å². The molecule has 3 heterocycles. The van der Waals surface area contributed by atoms with Gasteiger partial charge in [0.15, 0.2) is 23.2 Å². The number of hydrogen-bond donors (Lipinski definition) is 5. The third-order valence-electron chi connectivity index (χ3n) is 4.67. The van der Waals surface area contributed by atoms with Crippen LogP contribution in [0.4, 0.5) is 11.5 Å². The molecule has 28 heavy (non-hydrogen) atoms. The van der Waals surface area contributed by atoms with E-state index in [0.717, 1.165) is 14.8 Å². The first-order valence-corrected chi connectivity index (χ1v) is 9.65. The van der Waals surface area contributed by atoms with Gasteiger partial charge in [0, 0.05) is 15.8 Å². The Morgan fingerprint density at radius 3 is 2.75 bits per heavy atom. The number of aliphatic hydroxyl groups excluding tert-OH is 3. The lowest BCUT2D eigenvalue weighted by Crippen LogP contribution is -2.33. The lowest BCUT2D eigenvalue weighted by atomic mass is 10.1. The number of ether oxygens (including phenoxy) is 1. The number of nitrogens with one attached hydrogen (secondary N) is 1. The minimum absolute atomic E-state index is 0.399. The molecular formula is C17H19IN6O4. The first kappa shape index (κ1) is 19.3. The molecule has 4 rings (SSSR count). The van der Waals surface area contributed by atoms with Crippen LogP contribution in [0.5, 0.6) is 0 Å². The maximum Gasteiger partial charge on any atom is 0.167 e. The monoisotopic (exact) mass is 498 g/mol. The van der Waals surface area contributed by atoms with E-state index in [0.29, 0.717) is 23.5 Å². The summed E-state index contributed by atoms with van der Waals surface area (Å²) in [6.07, 6.45) is -1.32. The van der Waals surface area contributed by atoms with Crippen molar-refractivity contribution in [1.29, 1.82) is 0 Å². The van der Waals surface area contributed by atoms with E-state index in [-0.39, 0.29) is 0 Å². The third-order valence-corrected chi connectivity index (χ3v) is 5.61. The number of halogens is 1. The molecule has 148 valence electrons. The molecule has 0 radical (unpaired) electrons. The molecule has 1 saturated heterocycles. The predicted molar refractivity (Wildman–Crippen MR) is 109 cm³/mol. The Hall–Kier alpha value is -2.06. The quantitative estimate of drug-likeness (QED) is 0.246. The van der Waals surface area contributed by atoms with Crippen LogP contribution in [0.3, 0.4) is 0 Å². The maximum absolute atomic E-state index is 10.3. The van der Waals surface area contributed by atoms with Crippen molar-refractivity contribution in [2.24, 2.45) is 0 Å². The second kappa shape index (κ2) is 7.75. The van der Waals surface area contributed by atoms with Crippen molar-refractivity contribution in [2.45, 2.75) is 31.1 Å². The van der Waals surface area contributed by atoms with Crippen LogP contribution in [0.2, 0.25) is 0 Å². The van der Waals surface area contributed by atoms with E-state index < -0.39 is 31.1 Å². The molecule has 1 fully saturated rings. The van der Waals surface area contributed by atoms with Crippen LogP contribution >= 0.6 is 22.6 Å². The summed E-state index contributed by atoms with van der Waals surface area (Å²) in [7, 11) is 0. The Morgan fingerprint density at radius 2 is 2.04 bits per heavy atom. The van der Waals surface area contributed by atoms with Gasteiger partial charge in [-0.2, -0.15) is 0 Å². The van der Waals surface area contributed by atoms with Crippen molar-refractivity contribution in [1.82, 2.24) is 19.5 Å². The smallest absolute Gasteiger partial charge is 0.167 e.